The largest absolute Gasteiger partial charge is 0.496 e. The van der Waals surface area contributed by atoms with Gasteiger partial charge in [-0.1, -0.05) is 46.3 Å². The number of methoxy groups -OCH3 is 1. The van der Waals surface area contributed by atoms with E-state index in [4.69, 9.17) is 4.74 Å². The SMILES string of the molecule is COc1ccc(Br)cc1CN1CCN(S(=O)(=O)c2ccc3ccccc3c2)CC1. The molecule has 0 aliphatic carbocycles. The number of fused-ring (bicyclic) bond motifs is 1. The zero-order valence-electron chi connectivity index (χ0n) is 16.2. The van der Waals surface area contributed by atoms with Gasteiger partial charge in [0.15, 0.2) is 0 Å². The van der Waals surface area contributed by atoms with E-state index >= 15 is 0 Å². The Morgan fingerprint density at radius 3 is 2.38 bits per heavy atom. The van der Waals surface area contributed by atoms with Gasteiger partial charge in [0.1, 0.15) is 5.75 Å². The molecule has 0 spiro atoms. The summed E-state index contributed by atoms with van der Waals surface area (Å²) in [4.78, 5) is 2.62. The van der Waals surface area contributed by atoms with Crippen molar-refractivity contribution in [3.05, 3.63) is 70.7 Å². The van der Waals surface area contributed by atoms with Crippen LogP contribution in [0.25, 0.3) is 10.8 Å². The molecule has 0 radical (unpaired) electrons. The standard InChI is InChI=1S/C22H23BrN2O3S/c1-28-22-9-7-20(23)14-19(22)16-24-10-12-25(13-11-24)29(26,27)21-8-6-17-4-2-3-5-18(17)15-21/h2-9,14-15H,10-13,16H2,1H3. The van der Waals surface area contributed by atoms with Crippen molar-refractivity contribution in [1.82, 2.24) is 9.21 Å². The van der Waals surface area contributed by atoms with Crippen LogP contribution in [0.15, 0.2) is 70.0 Å². The molecule has 1 fully saturated rings. The number of sulfonamides is 1. The molecule has 29 heavy (non-hydrogen) atoms. The Morgan fingerprint density at radius 2 is 1.66 bits per heavy atom. The van der Waals surface area contributed by atoms with E-state index in [2.05, 4.69) is 26.9 Å². The van der Waals surface area contributed by atoms with Crippen molar-refractivity contribution in [3.63, 3.8) is 0 Å². The molecule has 0 atom stereocenters. The van der Waals surface area contributed by atoms with Crippen LogP contribution < -0.4 is 4.74 Å². The quantitative estimate of drug-likeness (QED) is 0.557. The van der Waals surface area contributed by atoms with Crippen molar-refractivity contribution < 1.29 is 13.2 Å². The molecule has 7 heteroatoms. The lowest BCUT2D eigenvalue weighted by Gasteiger charge is -2.34. The average molecular weight is 475 g/mol. The molecule has 3 aromatic carbocycles. The third-order valence-corrected chi connectivity index (χ3v) is 7.71. The van der Waals surface area contributed by atoms with Crippen LogP contribution in [0.2, 0.25) is 0 Å². The highest BCUT2D eigenvalue weighted by atomic mass is 79.9. The average Bonchev–Trinajstić information content (AvgIpc) is 2.74. The predicted molar refractivity (Wildman–Crippen MR) is 119 cm³/mol. The van der Waals surface area contributed by atoms with E-state index in [1.54, 1.807) is 23.5 Å². The smallest absolute Gasteiger partial charge is 0.243 e. The molecule has 152 valence electrons. The molecule has 1 aliphatic heterocycles. The van der Waals surface area contributed by atoms with E-state index in [9.17, 15) is 8.42 Å². The van der Waals surface area contributed by atoms with Gasteiger partial charge in [0.25, 0.3) is 0 Å². The normalized spacial score (nSPS) is 16.2. The highest BCUT2D eigenvalue weighted by molar-refractivity contribution is 9.10. The fraction of sp³-hybridized carbons (Fsp3) is 0.273. The van der Waals surface area contributed by atoms with E-state index in [0.717, 1.165) is 33.1 Å². The Hall–Kier alpha value is -1.93. The Bertz CT molecular complexity index is 1130. The lowest BCUT2D eigenvalue weighted by molar-refractivity contribution is 0.180. The predicted octanol–water partition coefficient (Wildman–Crippen LogP) is 4.12. The highest BCUT2D eigenvalue weighted by Crippen LogP contribution is 2.26. The number of rotatable bonds is 5. The molecular weight excluding hydrogens is 452 g/mol. The van der Waals surface area contributed by atoms with Gasteiger partial charge < -0.3 is 4.74 Å². The summed E-state index contributed by atoms with van der Waals surface area (Å²) < 4.78 is 34.3. The number of nitrogens with zero attached hydrogens (tertiary/aromatic N) is 2. The van der Waals surface area contributed by atoms with Crippen LogP contribution >= 0.6 is 15.9 Å². The monoisotopic (exact) mass is 474 g/mol. The summed E-state index contributed by atoms with van der Waals surface area (Å²) in [5.74, 6) is 0.847. The summed E-state index contributed by atoms with van der Waals surface area (Å²) in [6, 6.07) is 19.1. The maximum atomic E-state index is 13.1. The molecule has 0 amide bonds. The number of piperazine rings is 1. The van der Waals surface area contributed by atoms with Gasteiger partial charge in [-0.25, -0.2) is 8.42 Å². The third kappa shape index (κ3) is 4.33. The fourth-order valence-electron chi connectivity index (χ4n) is 3.72. The maximum absolute atomic E-state index is 13.1. The number of hydrogen-bond acceptors (Lipinski definition) is 4. The Morgan fingerprint density at radius 1 is 0.931 bits per heavy atom. The minimum atomic E-state index is -3.49. The molecular formula is C22H23BrN2O3S. The summed E-state index contributed by atoms with van der Waals surface area (Å²) in [6.07, 6.45) is 0. The first-order chi connectivity index (χ1) is 14.0. The van der Waals surface area contributed by atoms with E-state index in [1.807, 2.05) is 42.5 Å². The van der Waals surface area contributed by atoms with Crippen molar-refractivity contribution in [2.24, 2.45) is 0 Å². The molecule has 5 nitrogen and oxygen atoms in total. The Balaban J connectivity index is 1.46. The van der Waals surface area contributed by atoms with Crippen molar-refractivity contribution >= 4 is 36.7 Å². The lowest BCUT2D eigenvalue weighted by atomic mass is 10.1. The zero-order valence-corrected chi connectivity index (χ0v) is 18.6. The highest BCUT2D eigenvalue weighted by Gasteiger charge is 2.28. The van der Waals surface area contributed by atoms with Crippen molar-refractivity contribution in [1.29, 1.82) is 0 Å². The van der Waals surface area contributed by atoms with Crippen molar-refractivity contribution in [2.45, 2.75) is 11.4 Å². The van der Waals surface area contributed by atoms with Crippen LogP contribution in [0.4, 0.5) is 0 Å². The first-order valence-electron chi connectivity index (χ1n) is 9.51. The Kier molecular flexibility index (Phi) is 5.92. The van der Waals surface area contributed by atoms with Crippen molar-refractivity contribution in [2.75, 3.05) is 33.3 Å². The molecule has 1 aliphatic rings. The van der Waals surface area contributed by atoms with E-state index in [-0.39, 0.29) is 0 Å². The molecule has 3 aromatic rings. The van der Waals surface area contributed by atoms with Crippen LogP contribution in [-0.2, 0) is 16.6 Å². The van der Waals surface area contributed by atoms with Crippen LogP contribution in [-0.4, -0.2) is 50.9 Å². The molecule has 0 N–H and O–H groups in total. The fourth-order valence-corrected chi connectivity index (χ4v) is 5.58. The van der Waals surface area contributed by atoms with Gasteiger partial charge >= 0.3 is 0 Å². The molecule has 0 saturated carbocycles. The van der Waals surface area contributed by atoms with Crippen LogP contribution in [0.1, 0.15) is 5.56 Å². The molecule has 1 heterocycles. The first kappa shape index (κ1) is 20.3. The van der Waals surface area contributed by atoms with Crippen LogP contribution in [0.3, 0.4) is 0 Å². The molecule has 0 unspecified atom stereocenters. The van der Waals surface area contributed by atoms with Gasteiger partial charge in [0.2, 0.25) is 10.0 Å². The van der Waals surface area contributed by atoms with Crippen LogP contribution in [0, 0.1) is 0 Å². The maximum Gasteiger partial charge on any atom is 0.243 e. The van der Waals surface area contributed by atoms with Crippen molar-refractivity contribution in [3.8, 4) is 5.75 Å². The topological polar surface area (TPSA) is 49.9 Å². The van der Waals surface area contributed by atoms with Crippen LogP contribution in [0.5, 0.6) is 5.75 Å². The first-order valence-corrected chi connectivity index (χ1v) is 11.7. The number of ether oxygens (including phenoxy) is 1. The third-order valence-electron chi connectivity index (χ3n) is 5.33. The minimum absolute atomic E-state index is 0.360. The summed E-state index contributed by atoms with van der Waals surface area (Å²) in [6.45, 7) is 3.05. The number of benzene rings is 3. The molecule has 0 bridgehead atoms. The molecule has 0 aromatic heterocycles. The van der Waals surface area contributed by atoms with Gasteiger partial charge in [0.05, 0.1) is 12.0 Å². The van der Waals surface area contributed by atoms with E-state index in [1.165, 1.54) is 0 Å². The second-order valence-electron chi connectivity index (χ2n) is 7.15. The number of halogens is 1. The summed E-state index contributed by atoms with van der Waals surface area (Å²) >= 11 is 3.51. The molecule has 4 rings (SSSR count). The Labute approximate surface area is 180 Å². The van der Waals surface area contributed by atoms with Gasteiger partial charge in [-0.2, -0.15) is 4.31 Å². The van der Waals surface area contributed by atoms with E-state index in [0.29, 0.717) is 31.1 Å². The minimum Gasteiger partial charge on any atom is -0.496 e. The summed E-state index contributed by atoms with van der Waals surface area (Å²) in [7, 11) is -1.83. The zero-order chi connectivity index (χ0) is 20.4. The summed E-state index contributed by atoms with van der Waals surface area (Å²) in [5, 5.41) is 1.98. The number of hydrogen-bond donors (Lipinski definition) is 0. The van der Waals surface area contributed by atoms with Gasteiger partial charge in [-0.3, -0.25) is 4.90 Å². The molecule has 1 saturated heterocycles. The second-order valence-corrected chi connectivity index (χ2v) is 10.00. The second kappa shape index (κ2) is 8.44. The lowest BCUT2D eigenvalue weighted by Crippen LogP contribution is -2.48. The summed E-state index contributed by atoms with van der Waals surface area (Å²) in [5.41, 5.74) is 1.09. The van der Waals surface area contributed by atoms with Gasteiger partial charge in [-0.15, -0.1) is 0 Å². The van der Waals surface area contributed by atoms with Gasteiger partial charge in [0, 0.05) is 42.8 Å². The van der Waals surface area contributed by atoms with Gasteiger partial charge in [-0.05, 0) is 41.1 Å². The van der Waals surface area contributed by atoms with E-state index < -0.39 is 10.0 Å².